The average molecular weight is 720 g/mol. The molecule has 0 amide bonds. The van der Waals surface area contributed by atoms with Gasteiger partial charge in [0.2, 0.25) is 11.9 Å². The van der Waals surface area contributed by atoms with Gasteiger partial charge in [-0.15, -0.1) is 0 Å². The molecular weight excluding hydrogens is 691 g/mol. The van der Waals surface area contributed by atoms with E-state index in [1.165, 1.54) is 0 Å². The smallest absolute Gasteiger partial charge is 0.238 e. The number of fused-ring (bicyclic) bond motifs is 7. The number of nitrogens with zero attached hydrogens (tertiary/aromatic N) is 9. The Morgan fingerprint density at radius 3 is 1.11 bits per heavy atom. The zero-order valence-electron chi connectivity index (χ0n) is 29.8. The third-order valence-electron chi connectivity index (χ3n) is 10.1. The summed E-state index contributed by atoms with van der Waals surface area (Å²) in [6, 6.07) is 56.7. The van der Waals surface area contributed by atoms with Crippen LogP contribution in [0.5, 0.6) is 0 Å². The van der Waals surface area contributed by atoms with Gasteiger partial charge in [-0.25, -0.2) is 9.97 Å². The molecule has 9 nitrogen and oxygen atoms in total. The van der Waals surface area contributed by atoms with Gasteiger partial charge in [0.05, 0.1) is 22.1 Å². The van der Waals surface area contributed by atoms with Crippen molar-refractivity contribution in [3.63, 3.8) is 0 Å². The summed E-state index contributed by atoms with van der Waals surface area (Å²) in [4.78, 5) is 36.0. The number of para-hydroxylation sites is 2. The molecule has 11 aromatic rings. The van der Waals surface area contributed by atoms with E-state index in [0.29, 0.717) is 35.2 Å². The van der Waals surface area contributed by atoms with Crippen LogP contribution in [-0.2, 0) is 0 Å². The Hall–Kier alpha value is -7.91. The van der Waals surface area contributed by atoms with Crippen LogP contribution in [-0.4, -0.2) is 44.0 Å². The summed E-state index contributed by atoms with van der Waals surface area (Å²) >= 11 is 0. The third-order valence-corrected chi connectivity index (χ3v) is 10.1. The van der Waals surface area contributed by atoms with Gasteiger partial charge in [-0.1, -0.05) is 158 Å². The second kappa shape index (κ2) is 12.9. The molecule has 0 saturated carbocycles. The summed E-state index contributed by atoms with van der Waals surface area (Å²) < 4.78 is 4.26. The molecule has 0 N–H and O–H groups in total. The van der Waals surface area contributed by atoms with Crippen LogP contribution in [0.25, 0.3) is 101 Å². The molecule has 0 aliphatic heterocycles. The summed E-state index contributed by atoms with van der Waals surface area (Å²) in [5.41, 5.74) is 7.91. The highest BCUT2D eigenvalue weighted by Gasteiger charge is 2.25. The zero-order valence-corrected chi connectivity index (χ0v) is 29.8. The van der Waals surface area contributed by atoms with Crippen LogP contribution in [0, 0.1) is 0 Å². The van der Waals surface area contributed by atoms with Gasteiger partial charge in [-0.3, -0.25) is 14.1 Å². The van der Waals surface area contributed by atoms with E-state index in [9.17, 15) is 0 Å². The molecule has 0 atom stereocenters. The number of rotatable bonds is 6. The fraction of sp³-hybridized carbons (Fsp3) is 0. The predicted octanol–water partition coefficient (Wildman–Crippen LogP) is 10.3. The molecular formula is C47H29N9. The summed E-state index contributed by atoms with van der Waals surface area (Å²) in [5, 5.41) is 2.93. The lowest BCUT2D eigenvalue weighted by Crippen LogP contribution is -2.09. The van der Waals surface area contributed by atoms with Gasteiger partial charge in [0, 0.05) is 44.6 Å². The number of benzene rings is 6. The van der Waals surface area contributed by atoms with E-state index in [1.807, 2.05) is 152 Å². The highest BCUT2D eigenvalue weighted by molar-refractivity contribution is 6.22. The van der Waals surface area contributed by atoms with Crippen molar-refractivity contribution in [1.29, 1.82) is 0 Å². The van der Waals surface area contributed by atoms with Crippen LogP contribution >= 0.6 is 0 Å². The quantitative estimate of drug-likeness (QED) is 0.169. The number of hydrogen-bond donors (Lipinski definition) is 0. The Morgan fingerprint density at radius 2 is 0.661 bits per heavy atom. The fourth-order valence-electron chi connectivity index (χ4n) is 7.54. The Bertz CT molecular complexity index is 2900. The van der Waals surface area contributed by atoms with E-state index in [0.717, 1.165) is 66.0 Å². The van der Waals surface area contributed by atoms with E-state index in [4.69, 9.17) is 34.9 Å². The highest BCUT2D eigenvalue weighted by Crippen LogP contribution is 2.40. The largest absolute Gasteiger partial charge is 0.276 e. The van der Waals surface area contributed by atoms with Crippen molar-refractivity contribution in [2.45, 2.75) is 0 Å². The number of pyridine rings is 1. The second-order valence-corrected chi connectivity index (χ2v) is 13.5. The molecule has 9 heteroatoms. The SMILES string of the molecule is c1ccc(-c2nc(-c3ccccc3)nc(-n3c4ccccc4c4cnc5c6ccccc6n(-c6nc(-c7ccccc7)nc(-c7ccccc7)n6)c5c43)n2)cc1. The van der Waals surface area contributed by atoms with Crippen molar-refractivity contribution in [1.82, 2.24) is 44.0 Å². The lowest BCUT2D eigenvalue weighted by Gasteiger charge is -2.13. The van der Waals surface area contributed by atoms with Gasteiger partial charge in [0.1, 0.15) is 5.52 Å². The first-order valence-electron chi connectivity index (χ1n) is 18.3. The maximum Gasteiger partial charge on any atom is 0.238 e. The van der Waals surface area contributed by atoms with Crippen LogP contribution in [0.3, 0.4) is 0 Å². The van der Waals surface area contributed by atoms with E-state index in [1.54, 1.807) is 0 Å². The Balaban J connectivity index is 1.29. The first-order chi connectivity index (χ1) is 27.8. The molecule has 0 saturated heterocycles. The van der Waals surface area contributed by atoms with Crippen LogP contribution < -0.4 is 0 Å². The minimum Gasteiger partial charge on any atom is -0.276 e. The molecule has 5 heterocycles. The van der Waals surface area contributed by atoms with Gasteiger partial charge >= 0.3 is 0 Å². The maximum atomic E-state index is 5.21. The lowest BCUT2D eigenvalue weighted by molar-refractivity contribution is 0.940. The van der Waals surface area contributed by atoms with E-state index >= 15 is 0 Å². The molecule has 0 unspecified atom stereocenters. The summed E-state index contributed by atoms with van der Waals surface area (Å²) in [6.45, 7) is 0. The van der Waals surface area contributed by atoms with Gasteiger partial charge in [0.25, 0.3) is 0 Å². The monoisotopic (exact) mass is 719 g/mol. The maximum absolute atomic E-state index is 5.21. The van der Waals surface area contributed by atoms with Crippen molar-refractivity contribution < 1.29 is 0 Å². The average Bonchev–Trinajstić information content (AvgIpc) is 3.81. The van der Waals surface area contributed by atoms with Crippen LogP contribution in [0.2, 0.25) is 0 Å². The summed E-state index contributed by atoms with van der Waals surface area (Å²) in [7, 11) is 0. The van der Waals surface area contributed by atoms with Gasteiger partial charge in [-0.05, 0) is 12.1 Å². The van der Waals surface area contributed by atoms with Gasteiger partial charge < -0.3 is 0 Å². The molecule has 11 rings (SSSR count). The molecule has 56 heavy (non-hydrogen) atoms. The Labute approximate surface area is 320 Å². The van der Waals surface area contributed by atoms with E-state index < -0.39 is 0 Å². The lowest BCUT2D eigenvalue weighted by atomic mass is 10.2. The number of aromatic nitrogens is 9. The summed E-state index contributed by atoms with van der Waals surface area (Å²) in [6.07, 6.45) is 1.96. The van der Waals surface area contributed by atoms with Crippen molar-refractivity contribution in [3.05, 3.63) is 176 Å². The van der Waals surface area contributed by atoms with Crippen molar-refractivity contribution in [2.24, 2.45) is 0 Å². The van der Waals surface area contributed by atoms with Crippen LogP contribution in [0.1, 0.15) is 0 Å². The molecule has 5 aromatic heterocycles. The highest BCUT2D eigenvalue weighted by atomic mass is 15.2. The van der Waals surface area contributed by atoms with Crippen molar-refractivity contribution >= 4 is 43.7 Å². The van der Waals surface area contributed by atoms with E-state index in [-0.39, 0.29) is 0 Å². The predicted molar refractivity (Wildman–Crippen MR) is 221 cm³/mol. The van der Waals surface area contributed by atoms with Crippen LogP contribution in [0.4, 0.5) is 0 Å². The van der Waals surface area contributed by atoms with Crippen molar-refractivity contribution in [3.8, 4) is 57.4 Å². The minimum atomic E-state index is 0.473. The first kappa shape index (κ1) is 31.6. The first-order valence-corrected chi connectivity index (χ1v) is 18.3. The topological polar surface area (TPSA) is 100 Å². The molecule has 0 bridgehead atoms. The molecule has 0 radical (unpaired) electrons. The van der Waals surface area contributed by atoms with E-state index in [2.05, 4.69) is 33.4 Å². The zero-order chi connectivity index (χ0) is 37.0. The second-order valence-electron chi connectivity index (χ2n) is 13.5. The third kappa shape index (κ3) is 5.13. The molecule has 6 aromatic carbocycles. The Morgan fingerprint density at radius 1 is 0.304 bits per heavy atom. The minimum absolute atomic E-state index is 0.473. The molecule has 0 spiro atoms. The van der Waals surface area contributed by atoms with Crippen molar-refractivity contribution in [2.75, 3.05) is 0 Å². The molecule has 0 aliphatic carbocycles. The normalized spacial score (nSPS) is 11.6. The standard InChI is InChI=1S/C47H29N9/c1-5-17-30(18-6-1)42-49-43(31-19-7-2-8-20-31)52-46(51-42)55-37-27-15-13-25-34(37)36-29-48-39-35-26-14-16-28-38(35)56(41(39)40(36)55)47-53-44(32-21-9-3-10-22-32)50-45(54-47)33-23-11-4-12-24-33/h1-29H. The molecule has 262 valence electrons. The van der Waals surface area contributed by atoms with Gasteiger partial charge in [0.15, 0.2) is 23.3 Å². The molecule has 0 aliphatic rings. The van der Waals surface area contributed by atoms with Crippen LogP contribution in [0.15, 0.2) is 176 Å². The van der Waals surface area contributed by atoms with Gasteiger partial charge in [-0.2, -0.15) is 19.9 Å². The molecule has 0 fully saturated rings. The number of hydrogen-bond acceptors (Lipinski definition) is 7. The fourth-order valence-corrected chi connectivity index (χ4v) is 7.54. The summed E-state index contributed by atoms with van der Waals surface area (Å²) in [5.74, 6) is 3.24. The Kier molecular flexibility index (Phi) is 7.27.